The first-order chi connectivity index (χ1) is 14.2. The Morgan fingerprint density at radius 1 is 0.862 bits per heavy atom. The van der Waals surface area contributed by atoms with E-state index in [2.05, 4.69) is 97.9 Å². The van der Waals surface area contributed by atoms with Gasteiger partial charge in [0.1, 0.15) is 0 Å². The van der Waals surface area contributed by atoms with E-state index in [0.29, 0.717) is 0 Å². The van der Waals surface area contributed by atoms with Crippen LogP contribution in [0.2, 0.25) is 0 Å². The van der Waals surface area contributed by atoms with E-state index in [1.54, 1.807) is 0 Å². The van der Waals surface area contributed by atoms with Crippen molar-refractivity contribution in [2.45, 2.75) is 26.2 Å². The van der Waals surface area contributed by atoms with Crippen molar-refractivity contribution in [1.29, 1.82) is 0 Å². The molecule has 0 heterocycles. The lowest BCUT2D eigenvalue weighted by Crippen LogP contribution is -2.00. The van der Waals surface area contributed by atoms with Gasteiger partial charge in [-0.2, -0.15) is 0 Å². The van der Waals surface area contributed by atoms with Crippen LogP contribution in [-0.4, -0.2) is 0 Å². The zero-order valence-electron chi connectivity index (χ0n) is 16.9. The molecule has 3 aromatic rings. The molecule has 0 radical (unpaired) electrons. The van der Waals surface area contributed by atoms with Gasteiger partial charge in [0, 0.05) is 5.70 Å². The third-order valence-electron chi connectivity index (χ3n) is 5.50. The topological polar surface area (TPSA) is 26.0 Å². The van der Waals surface area contributed by atoms with E-state index in [-0.39, 0.29) is 0 Å². The lowest BCUT2D eigenvalue weighted by Gasteiger charge is -2.07. The maximum atomic E-state index is 6.44. The highest BCUT2D eigenvalue weighted by Gasteiger charge is 2.17. The van der Waals surface area contributed by atoms with Crippen LogP contribution in [-0.2, 0) is 12.8 Å². The van der Waals surface area contributed by atoms with Gasteiger partial charge in [0.2, 0.25) is 0 Å². The Labute approximate surface area is 173 Å². The summed E-state index contributed by atoms with van der Waals surface area (Å²) in [6, 6.07) is 27.9. The Balaban J connectivity index is 1.47. The first-order valence-corrected chi connectivity index (χ1v) is 10.3. The minimum Gasteiger partial charge on any atom is -0.402 e. The minimum absolute atomic E-state index is 0.861. The highest BCUT2D eigenvalue weighted by molar-refractivity contribution is 5.85. The number of nitrogens with two attached hydrogens (primary N) is 1. The van der Waals surface area contributed by atoms with Gasteiger partial charge < -0.3 is 5.73 Å². The molecule has 4 rings (SSSR count). The summed E-state index contributed by atoms with van der Waals surface area (Å²) in [5.74, 6) is 0. The summed E-state index contributed by atoms with van der Waals surface area (Å²) in [4.78, 5) is 0. The van der Waals surface area contributed by atoms with Crippen LogP contribution < -0.4 is 5.73 Å². The summed E-state index contributed by atoms with van der Waals surface area (Å²) in [5, 5.41) is 0. The van der Waals surface area contributed by atoms with Gasteiger partial charge in [-0.1, -0.05) is 91.0 Å². The van der Waals surface area contributed by atoms with Crippen molar-refractivity contribution in [2.24, 2.45) is 5.73 Å². The van der Waals surface area contributed by atoms with Gasteiger partial charge in [-0.15, -0.1) is 0 Å². The number of hydrogen-bond acceptors (Lipinski definition) is 1. The van der Waals surface area contributed by atoms with Crippen molar-refractivity contribution >= 4 is 5.57 Å². The molecular weight excluding hydrogens is 350 g/mol. The Bertz CT molecular complexity index is 1070. The molecule has 1 nitrogen and oxygen atoms in total. The van der Waals surface area contributed by atoms with Crippen LogP contribution in [0.1, 0.15) is 30.0 Å². The lowest BCUT2D eigenvalue weighted by molar-refractivity contribution is 0.927. The predicted octanol–water partition coefficient (Wildman–Crippen LogP) is 6.71. The molecule has 0 aliphatic heterocycles. The zero-order valence-corrected chi connectivity index (χ0v) is 16.9. The largest absolute Gasteiger partial charge is 0.402 e. The average molecular weight is 378 g/mol. The number of aryl methyl sites for hydroxylation is 1. The van der Waals surface area contributed by atoms with Crippen molar-refractivity contribution in [3.05, 3.63) is 125 Å². The van der Waals surface area contributed by atoms with Gasteiger partial charge in [0.05, 0.1) is 0 Å². The first kappa shape index (κ1) is 19.0. The van der Waals surface area contributed by atoms with Crippen molar-refractivity contribution < 1.29 is 0 Å². The normalized spacial score (nSPS) is 13.9. The van der Waals surface area contributed by atoms with Crippen LogP contribution in [0.15, 0.2) is 108 Å². The summed E-state index contributed by atoms with van der Waals surface area (Å²) in [6.45, 7) is 2.07. The Morgan fingerprint density at radius 2 is 1.55 bits per heavy atom. The summed E-state index contributed by atoms with van der Waals surface area (Å²) in [6.07, 6.45) is 9.30. The number of rotatable bonds is 6. The Hall–Kier alpha value is -3.32. The zero-order chi connectivity index (χ0) is 20.1. The highest BCUT2D eigenvalue weighted by atomic mass is 14.6. The molecule has 3 aromatic carbocycles. The van der Waals surface area contributed by atoms with Gasteiger partial charge in [0.25, 0.3) is 0 Å². The molecule has 0 unspecified atom stereocenters. The first-order valence-electron chi connectivity index (χ1n) is 10.3. The van der Waals surface area contributed by atoms with Gasteiger partial charge in [0.15, 0.2) is 0 Å². The number of fused-ring (bicyclic) bond motifs is 1. The fourth-order valence-corrected chi connectivity index (χ4v) is 3.97. The molecule has 0 aromatic heterocycles. The Kier molecular flexibility index (Phi) is 5.76. The fourth-order valence-electron chi connectivity index (χ4n) is 3.97. The van der Waals surface area contributed by atoms with E-state index in [9.17, 15) is 0 Å². The maximum absolute atomic E-state index is 6.44. The molecule has 0 saturated heterocycles. The molecule has 0 atom stereocenters. The van der Waals surface area contributed by atoms with E-state index in [0.717, 1.165) is 25.0 Å². The smallest absolute Gasteiger partial charge is 0.00901 e. The van der Waals surface area contributed by atoms with E-state index in [4.69, 9.17) is 5.73 Å². The van der Waals surface area contributed by atoms with Crippen molar-refractivity contribution in [1.82, 2.24) is 0 Å². The standard InChI is InChI=1S/C28H27N/c1-2-8-24-19-25-11-6-7-12-27(25)28(24)20-26(29)18-15-21-13-16-23(17-14-21)22-9-4-3-5-10-22/h2-14,16-17,20H,15,18-19,29H2,1H3/b8-2+,26-20?. The van der Waals surface area contributed by atoms with Crippen molar-refractivity contribution in [3.8, 4) is 11.1 Å². The molecule has 1 aliphatic rings. The molecule has 1 heteroatoms. The summed E-state index contributed by atoms with van der Waals surface area (Å²) < 4.78 is 0. The monoisotopic (exact) mass is 377 g/mol. The quantitative estimate of drug-likeness (QED) is 0.507. The lowest BCUT2D eigenvalue weighted by atomic mass is 10.00. The van der Waals surface area contributed by atoms with Crippen molar-refractivity contribution in [3.63, 3.8) is 0 Å². The minimum atomic E-state index is 0.861. The molecule has 2 N–H and O–H groups in total. The summed E-state index contributed by atoms with van der Waals surface area (Å²) in [7, 11) is 0. The second-order valence-electron chi connectivity index (χ2n) is 7.56. The van der Waals surface area contributed by atoms with Crippen molar-refractivity contribution in [2.75, 3.05) is 0 Å². The predicted molar refractivity (Wildman–Crippen MR) is 124 cm³/mol. The Morgan fingerprint density at radius 3 is 2.31 bits per heavy atom. The van der Waals surface area contributed by atoms with Crippen LogP contribution in [0.3, 0.4) is 0 Å². The van der Waals surface area contributed by atoms with Crippen LogP contribution >= 0.6 is 0 Å². The molecular formula is C28H27N. The second-order valence-corrected chi connectivity index (χ2v) is 7.56. The number of benzene rings is 3. The van der Waals surface area contributed by atoms with Gasteiger partial charge in [-0.25, -0.2) is 0 Å². The summed E-state index contributed by atoms with van der Waals surface area (Å²) >= 11 is 0. The molecule has 0 spiro atoms. The molecule has 144 valence electrons. The third-order valence-corrected chi connectivity index (χ3v) is 5.50. The fraction of sp³-hybridized carbons (Fsp3) is 0.143. The van der Waals surface area contributed by atoms with Gasteiger partial charge >= 0.3 is 0 Å². The number of allylic oxidation sites excluding steroid dienone is 6. The van der Waals surface area contributed by atoms with E-state index < -0.39 is 0 Å². The maximum Gasteiger partial charge on any atom is 0.00901 e. The molecule has 0 bridgehead atoms. The van der Waals surface area contributed by atoms with Crippen LogP contribution in [0.25, 0.3) is 16.7 Å². The molecule has 0 saturated carbocycles. The summed E-state index contributed by atoms with van der Waals surface area (Å²) in [5.41, 5.74) is 16.5. The van der Waals surface area contributed by atoms with E-state index in [1.807, 2.05) is 6.07 Å². The molecule has 0 amide bonds. The molecule has 29 heavy (non-hydrogen) atoms. The van der Waals surface area contributed by atoms with Gasteiger partial charge in [-0.05, 0) is 71.2 Å². The highest BCUT2D eigenvalue weighted by Crippen LogP contribution is 2.35. The van der Waals surface area contributed by atoms with E-state index >= 15 is 0 Å². The average Bonchev–Trinajstić information content (AvgIpc) is 3.11. The second kappa shape index (κ2) is 8.79. The van der Waals surface area contributed by atoms with Crippen LogP contribution in [0.5, 0.6) is 0 Å². The van der Waals surface area contributed by atoms with Gasteiger partial charge in [-0.3, -0.25) is 0 Å². The SMILES string of the molecule is C/C=C/C1=C(C=C(N)CCc2ccc(-c3ccccc3)cc2)c2ccccc2C1. The molecule has 0 fully saturated rings. The van der Waals surface area contributed by atoms with Crippen LogP contribution in [0.4, 0.5) is 0 Å². The van der Waals surface area contributed by atoms with Crippen LogP contribution in [0, 0.1) is 0 Å². The molecule has 1 aliphatic carbocycles. The third kappa shape index (κ3) is 4.41. The van der Waals surface area contributed by atoms with E-state index in [1.165, 1.54) is 39.0 Å². The number of hydrogen-bond donors (Lipinski definition) is 1.